The molecule has 0 saturated heterocycles. The second-order valence-corrected chi connectivity index (χ2v) is 5.46. The van der Waals surface area contributed by atoms with E-state index in [0.717, 1.165) is 25.1 Å². The molecule has 0 aliphatic heterocycles. The first kappa shape index (κ1) is 18.0. The smallest absolute Gasteiger partial charge is 0.119 e. The zero-order valence-corrected chi connectivity index (χ0v) is 13.5. The Bertz CT molecular complexity index is 367. The highest BCUT2D eigenvalue weighted by molar-refractivity contribution is 5.27. The minimum absolute atomic E-state index is 0.255. The largest absolute Gasteiger partial charge is 0.491 e. The van der Waals surface area contributed by atoms with Gasteiger partial charge in [0.05, 0.1) is 6.61 Å². The fourth-order valence-electron chi connectivity index (χ4n) is 2.06. The number of ether oxygens (including phenoxy) is 2. The summed E-state index contributed by atoms with van der Waals surface area (Å²) in [6.45, 7) is 6.04. The average Bonchev–Trinajstić information content (AvgIpc) is 2.50. The van der Waals surface area contributed by atoms with Crippen LogP contribution in [0.3, 0.4) is 0 Å². The Balaban J connectivity index is 2.29. The van der Waals surface area contributed by atoms with Crippen molar-refractivity contribution in [3.8, 4) is 5.75 Å². The molecule has 0 saturated carbocycles. The molecule has 0 aliphatic rings. The maximum absolute atomic E-state index is 9.52. The van der Waals surface area contributed by atoms with Gasteiger partial charge >= 0.3 is 0 Å². The van der Waals surface area contributed by atoms with E-state index < -0.39 is 6.10 Å². The number of rotatable bonds is 11. The predicted octanol–water partition coefficient (Wildman–Crippen LogP) is 2.39. The topological polar surface area (TPSA) is 50.7 Å². The highest BCUT2D eigenvalue weighted by Crippen LogP contribution is 2.14. The number of benzene rings is 1. The summed E-state index contributed by atoms with van der Waals surface area (Å²) < 4.78 is 10.4. The molecule has 1 rings (SSSR count). The van der Waals surface area contributed by atoms with Crippen molar-refractivity contribution >= 4 is 0 Å². The minimum atomic E-state index is -0.583. The van der Waals surface area contributed by atoms with Gasteiger partial charge in [-0.1, -0.05) is 19.1 Å². The maximum Gasteiger partial charge on any atom is 0.119 e. The number of aliphatic hydroxyl groups excluding tert-OH is 1. The number of hydrogen-bond donors (Lipinski definition) is 2. The van der Waals surface area contributed by atoms with Gasteiger partial charge in [0.2, 0.25) is 0 Å². The van der Waals surface area contributed by atoms with Gasteiger partial charge in [0, 0.05) is 13.2 Å². The van der Waals surface area contributed by atoms with E-state index in [-0.39, 0.29) is 6.61 Å². The first-order valence-corrected chi connectivity index (χ1v) is 7.77. The molecule has 0 aliphatic carbocycles. The summed E-state index contributed by atoms with van der Waals surface area (Å²) in [7, 11) is 1.56. The molecule has 2 atom stereocenters. The first-order chi connectivity index (χ1) is 10.2. The van der Waals surface area contributed by atoms with Crippen LogP contribution in [0, 0.1) is 0 Å². The quantitative estimate of drug-likeness (QED) is 0.658. The lowest BCUT2D eigenvalue weighted by Gasteiger charge is -2.14. The summed E-state index contributed by atoms with van der Waals surface area (Å²) in [5.41, 5.74) is 1.31. The van der Waals surface area contributed by atoms with Crippen LogP contribution in [0.5, 0.6) is 5.75 Å². The third-order valence-corrected chi connectivity index (χ3v) is 3.33. The monoisotopic (exact) mass is 295 g/mol. The molecular formula is C17H29NO3. The van der Waals surface area contributed by atoms with E-state index in [0.29, 0.717) is 12.6 Å². The molecule has 4 nitrogen and oxygen atoms in total. The molecule has 1 aromatic rings. The number of methoxy groups -OCH3 is 1. The van der Waals surface area contributed by atoms with Gasteiger partial charge in [-0.2, -0.15) is 0 Å². The second kappa shape index (κ2) is 10.6. The molecule has 0 spiro atoms. The number of aliphatic hydroxyl groups is 1. The average molecular weight is 295 g/mol. The van der Waals surface area contributed by atoms with Crippen molar-refractivity contribution in [2.75, 3.05) is 26.9 Å². The van der Waals surface area contributed by atoms with E-state index >= 15 is 0 Å². The number of hydrogen-bond acceptors (Lipinski definition) is 4. The Morgan fingerprint density at radius 1 is 1.19 bits per heavy atom. The summed E-state index contributed by atoms with van der Waals surface area (Å²) in [4.78, 5) is 0. The number of aryl methyl sites for hydroxylation is 1. The highest BCUT2D eigenvalue weighted by Gasteiger charge is 2.05. The fourth-order valence-corrected chi connectivity index (χ4v) is 2.06. The third-order valence-electron chi connectivity index (χ3n) is 3.33. The van der Waals surface area contributed by atoms with E-state index in [1.54, 1.807) is 7.11 Å². The molecule has 1 aromatic carbocycles. The molecule has 2 N–H and O–H groups in total. The minimum Gasteiger partial charge on any atom is -0.491 e. The molecule has 120 valence electrons. The second-order valence-electron chi connectivity index (χ2n) is 5.46. The van der Waals surface area contributed by atoms with Crippen molar-refractivity contribution in [3.63, 3.8) is 0 Å². The van der Waals surface area contributed by atoms with Crippen LogP contribution in [0.1, 0.15) is 32.3 Å². The molecule has 0 bridgehead atoms. The van der Waals surface area contributed by atoms with Crippen molar-refractivity contribution in [3.05, 3.63) is 29.8 Å². The van der Waals surface area contributed by atoms with Crippen LogP contribution < -0.4 is 10.1 Å². The van der Waals surface area contributed by atoms with Crippen molar-refractivity contribution < 1.29 is 14.6 Å². The van der Waals surface area contributed by atoms with Crippen LogP contribution in [0.15, 0.2) is 24.3 Å². The van der Waals surface area contributed by atoms with E-state index in [2.05, 4.69) is 31.3 Å². The van der Waals surface area contributed by atoms with E-state index in [4.69, 9.17) is 9.47 Å². The molecule has 0 aromatic heterocycles. The Hall–Kier alpha value is -1.10. The first-order valence-electron chi connectivity index (χ1n) is 7.77. The molecule has 2 unspecified atom stereocenters. The van der Waals surface area contributed by atoms with Crippen LogP contribution >= 0.6 is 0 Å². The SMILES string of the molecule is CCCNC(C)CCc1ccc(OCC(O)COC)cc1. The van der Waals surface area contributed by atoms with Crippen molar-refractivity contribution in [1.82, 2.24) is 5.32 Å². The Labute approximate surface area is 128 Å². The zero-order chi connectivity index (χ0) is 15.5. The summed E-state index contributed by atoms with van der Waals surface area (Å²) in [5, 5.41) is 13.0. The molecule has 4 heteroatoms. The third kappa shape index (κ3) is 8.05. The molecule has 21 heavy (non-hydrogen) atoms. The predicted molar refractivity (Wildman–Crippen MR) is 85.9 cm³/mol. The van der Waals surface area contributed by atoms with Gasteiger partial charge in [-0.3, -0.25) is 0 Å². The highest BCUT2D eigenvalue weighted by atomic mass is 16.5. The molecule has 0 fully saturated rings. The summed E-state index contributed by atoms with van der Waals surface area (Å²) >= 11 is 0. The lowest BCUT2D eigenvalue weighted by Crippen LogP contribution is -2.27. The Morgan fingerprint density at radius 3 is 2.52 bits per heavy atom. The van der Waals surface area contributed by atoms with Crippen LogP contribution in [-0.2, 0) is 11.2 Å². The van der Waals surface area contributed by atoms with Gasteiger partial charge in [-0.05, 0) is 50.4 Å². The summed E-state index contributed by atoms with van der Waals surface area (Å²) in [6.07, 6.45) is 2.78. The summed E-state index contributed by atoms with van der Waals surface area (Å²) in [6, 6.07) is 8.64. The summed E-state index contributed by atoms with van der Waals surface area (Å²) in [5.74, 6) is 0.783. The van der Waals surface area contributed by atoms with Crippen LogP contribution in [0.25, 0.3) is 0 Å². The Kier molecular flexibility index (Phi) is 9.06. The number of nitrogens with one attached hydrogen (secondary N) is 1. The van der Waals surface area contributed by atoms with Gasteiger partial charge in [-0.15, -0.1) is 0 Å². The van der Waals surface area contributed by atoms with E-state index in [9.17, 15) is 5.11 Å². The van der Waals surface area contributed by atoms with Crippen LogP contribution in [0.2, 0.25) is 0 Å². The van der Waals surface area contributed by atoms with Crippen molar-refractivity contribution in [2.24, 2.45) is 0 Å². The normalized spacial score (nSPS) is 13.9. The van der Waals surface area contributed by atoms with Crippen LogP contribution in [0.4, 0.5) is 0 Å². The van der Waals surface area contributed by atoms with Crippen molar-refractivity contribution in [1.29, 1.82) is 0 Å². The van der Waals surface area contributed by atoms with Gasteiger partial charge < -0.3 is 19.9 Å². The lowest BCUT2D eigenvalue weighted by atomic mass is 10.1. The zero-order valence-electron chi connectivity index (χ0n) is 13.5. The fraction of sp³-hybridized carbons (Fsp3) is 0.647. The van der Waals surface area contributed by atoms with Gasteiger partial charge in [0.1, 0.15) is 18.5 Å². The molecule has 0 amide bonds. The lowest BCUT2D eigenvalue weighted by molar-refractivity contribution is 0.0325. The maximum atomic E-state index is 9.52. The molecule has 0 radical (unpaired) electrons. The van der Waals surface area contributed by atoms with Crippen LogP contribution in [-0.4, -0.2) is 44.1 Å². The van der Waals surface area contributed by atoms with E-state index in [1.165, 1.54) is 12.0 Å². The molecular weight excluding hydrogens is 266 g/mol. The van der Waals surface area contributed by atoms with Gasteiger partial charge in [0.25, 0.3) is 0 Å². The Morgan fingerprint density at radius 2 is 1.90 bits per heavy atom. The van der Waals surface area contributed by atoms with E-state index in [1.807, 2.05) is 12.1 Å². The van der Waals surface area contributed by atoms with Gasteiger partial charge in [0.15, 0.2) is 0 Å². The van der Waals surface area contributed by atoms with Gasteiger partial charge in [-0.25, -0.2) is 0 Å². The van der Waals surface area contributed by atoms with Crippen molar-refractivity contribution in [2.45, 2.75) is 45.3 Å². The standard InChI is InChI=1S/C17H29NO3/c1-4-11-18-14(2)5-6-15-7-9-17(10-8-15)21-13-16(19)12-20-3/h7-10,14,16,18-19H,4-6,11-13H2,1-3H3. The molecule has 0 heterocycles.